The lowest BCUT2D eigenvalue weighted by atomic mass is 10.1. The van der Waals surface area contributed by atoms with Gasteiger partial charge in [-0.3, -0.25) is 14.3 Å². The van der Waals surface area contributed by atoms with Gasteiger partial charge in [-0.05, 0) is 43.7 Å². The van der Waals surface area contributed by atoms with Crippen molar-refractivity contribution in [3.8, 4) is 0 Å². The number of amides is 1. The van der Waals surface area contributed by atoms with E-state index in [1.54, 1.807) is 24.3 Å². The third-order valence-electron chi connectivity index (χ3n) is 4.61. The first-order chi connectivity index (χ1) is 14.3. The normalized spacial score (nSPS) is 12.1. The molecule has 0 aliphatic rings. The van der Waals surface area contributed by atoms with Gasteiger partial charge in [0.25, 0.3) is 15.9 Å². The molecule has 3 aromatic rings. The Morgan fingerprint density at radius 3 is 2.23 bits per heavy atom. The molecule has 0 saturated heterocycles. The molecule has 0 saturated carbocycles. The van der Waals surface area contributed by atoms with Crippen LogP contribution < -0.4 is 10.0 Å². The fraction of sp³-hybridized carbons (Fsp3) is 0.130. The smallest absolute Gasteiger partial charge is 0.261 e. The van der Waals surface area contributed by atoms with Crippen molar-refractivity contribution < 1.29 is 18.0 Å². The summed E-state index contributed by atoms with van der Waals surface area (Å²) in [6.45, 7) is 3.22. The van der Waals surface area contributed by atoms with E-state index in [1.165, 1.54) is 31.2 Å². The molecule has 154 valence electrons. The van der Waals surface area contributed by atoms with Crippen LogP contribution in [0.1, 0.15) is 46.2 Å². The molecule has 3 rings (SSSR count). The average Bonchev–Trinajstić information content (AvgIpc) is 2.74. The first kappa shape index (κ1) is 21.3. The molecule has 7 heteroatoms. The molecule has 0 fully saturated rings. The second kappa shape index (κ2) is 8.92. The molecule has 0 aliphatic carbocycles. The molecule has 0 bridgehead atoms. The highest BCUT2D eigenvalue weighted by atomic mass is 32.2. The van der Waals surface area contributed by atoms with Gasteiger partial charge in [0.2, 0.25) is 0 Å². The first-order valence-electron chi connectivity index (χ1n) is 9.36. The number of anilines is 1. The lowest BCUT2D eigenvalue weighted by Crippen LogP contribution is -2.28. The third kappa shape index (κ3) is 4.93. The molecule has 0 heterocycles. The number of hydrogen-bond acceptors (Lipinski definition) is 4. The number of ketones is 1. The van der Waals surface area contributed by atoms with Crippen LogP contribution in [0.25, 0.3) is 0 Å². The maximum absolute atomic E-state index is 12.8. The van der Waals surface area contributed by atoms with Gasteiger partial charge < -0.3 is 5.32 Å². The molecule has 0 spiro atoms. The van der Waals surface area contributed by atoms with Gasteiger partial charge in [0.15, 0.2) is 5.78 Å². The maximum atomic E-state index is 12.8. The third-order valence-corrected chi connectivity index (χ3v) is 5.98. The lowest BCUT2D eigenvalue weighted by Gasteiger charge is -2.17. The Hall–Kier alpha value is -3.45. The van der Waals surface area contributed by atoms with Crippen LogP contribution in [0.2, 0.25) is 0 Å². The van der Waals surface area contributed by atoms with Gasteiger partial charge in [0.1, 0.15) is 0 Å². The van der Waals surface area contributed by atoms with E-state index >= 15 is 0 Å². The second-order valence-corrected chi connectivity index (χ2v) is 8.52. The summed E-state index contributed by atoms with van der Waals surface area (Å²) in [5, 5.41) is 2.88. The van der Waals surface area contributed by atoms with Crippen molar-refractivity contribution in [2.24, 2.45) is 0 Å². The minimum atomic E-state index is -3.99. The van der Waals surface area contributed by atoms with Crippen molar-refractivity contribution in [1.82, 2.24) is 5.32 Å². The standard InChI is InChI=1S/C23H22N2O4S/c1-16(18-9-4-3-5-10-18)24-23(27)21-13-6-7-14-22(21)25-30(28,29)20-12-8-11-19(15-20)17(2)26/h3-16,25H,1-2H3,(H,24,27)/t16-/m1/s1. The Bertz CT molecular complexity index is 1170. The molecule has 1 amide bonds. The Balaban J connectivity index is 1.85. The van der Waals surface area contributed by atoms with Crippen molar-refractivity contribution in [2.75, 3.05) is 4.72 Å². The number of Topliss-reactive ketones (excluding diaryl/α,β-unsaturated/α-hetero) is 1. The predicted molar refractivity (Wildman–Crippen MR) is 116 cm³/mol. The van der Waals surface area contributed by atoms with Crippen molar-refractivity contribution in [3.05, 3.63) is 95.6 Å². The van der Waals surface area contributed by atoms with Gasteiger partial charge in [-0.1, -0.05) is 54.6 Å². The monoisotopic (exact) mass is 422 g/mol. The van der Waals surface area contributed by atoms with E-state index in [-0.39, 0.29) is 28.0 Å². The Labute approximate surface area is 176 Å². The number of rotatable bonds is 7. The summed E-state index contributed by atoms with van der Waals surface area (Å²) in [5.41, 5.74) is 1.58. The number of para-hydroxylation sites is 1. The summed E-state index contributed by atoms with van der Waals surface area (Å²) < 4.78 is 28.1. The van der Waals surface area contributed by atoms with Crippen molar-refractivity contribution in [2.45, 2.75) is 24.8 Å². The van der Waals surface area contributed by atoms with E-state index in [1.807, 2.05) is 37.3 Å². The summed E-state index contributed by atoms with van der Waals surface area (Å²) in [6.07, 6.45) is 0. The Morgan fingerprint density at radius 2 is 1.53 bits per heavy atom. The minimum Gasteiger partial charge on any atom is -0.345 e. The zero-order valence-electron chi connectivity index (χ0n) is 16.6. The van der Waals surface area contributed by atoms with Crippen molar-refractivity contribution >= 4 is 27.4 Å². The van der Waals surface area contributed by atoms with E-state index < -0.39 is 15.9 Å². The molecule has 0 aromatic heterocycles. The lowest BCUT2D eigenvalue weighted by molar-refractivity contribution is 0.0940. The number of carbonyl (C=O) groups excluding carboxylic acids is 2. The van der Waals surface area contributed by atoms with E-state index in [0.717, 1.165) is 5.56 Å². The summed E-state index contributed by atoms with van der Waals surface area (Å²) >= 11 is 0. The van der Waals surface area contributed by atoms with Crippen LogP contribution in [0.5, 0.6) is 0 Å². The quantitative estimate of drug-likeness (QED) is 0.559. The second-order valence-electron chi connectivity index (χ2n) is 6.84. The van der Waals surface area contributed by atoms with E-state index in [4.69, 9.17) is 0 Å². The number of sulfonamides is 1. The highest BCUT2D eigenvalue weighted by Crippen LogP contribution is 2.22. The molecule has 0 radical (unpaired) electrons. The molecule has 3 aromatic carbocycles. The predicted octanol–water partition coefficient (Wildman–Crippen LogP) is 4.18. The number of hydrogen-bond donors (Lipinski definition) is 2. The fourth-order valence-electron chi connectivity index (χ4n) is 2.96. The molecule has 0 unspecified atom stereocenters. The number of carbonyl (C=O) groups is 2. The summed E-state index contributed by atoms with van der Waals surface area (Å²) in [7, 11) is -3.99. The Morgan fingerprint density at radius 1 is 0.867 bits per heavy atom. The fourth-order valence-corrected chi connectivity index (χ4v) is 4.08. The molecular formula is C23H22N2O4S. The maximum Gasteiger partial charge on any atom is 0.261 e. The van der Waals surface area contributed by atoms with Gasteiger partial charge in [0.05, 0.1) is 22.2 Å². The zero-order valence-corrected chi connectivity index (χ0v) is 17.4. The highest BCUT2D eigenvalue weighted by Gasteiger charge is 2.20. The van der Waals surface area contributed by atoms with Crippen LogP contribution in [0.15, 0.2) is 83.8 Å². The zero-order chi connectivity index (χ0) is 21.7. The van der Waals surface area contributed by atoms with Crippen LogP contribution in [0.4, 0.5) is 5.69 Å². The molecule has 0 aliphatic heterocycles. The minimum absolute atomic E-state index is 0.0527. The van der Waals surface area contributed by atoms with E-state index in [9.17, 15) is 18.0 Å². The van der Waals surface area contributed by atoms with Crippen LogP contribution in [0.3, 0.4) is 0 Å². The van der Waals surface area contributed by atoms with Gasteiger partial charge in [-0.15, -0.1) is 0 Å². The highest BCUT2D eigenvalue weighted by molar-refractivity contribution is 7.92. The molecule has 1 atom stereocenters. The average molecular weight is 423 g/mol. The first-order valence-corrected chi connectivity index (χ1v) is 10.8. The van der Waals surface area contributed by atoms with E-state index in [0.29, 0.717) is 5.56 Å². The summed E-state index contributed by atoms with van der Waals surface area (Å²) in [4.78, 5) is 24.3. The van der Waals surface area contributed by atoms with Crippen molar-refractivity contribution in [3.63, 3.8) is 0 Å². The molecular weight excluding hydrogens is 400 g/mol. The van der Waals surface area contributed by atoms with Crippen LogP contribution in [-0.4, -0.2) is 20.1 Å². The van der Waals surface area contributed by atoms with Crippen LogP contribution in [-0.2, 0) is 10.0 Å². The number of nitrogens with one attached hydrogen (secondary N) is 2. The van der Waals surface area contributed by atoms with Gasteiger partial charge >= 0.3 is 0 Å². The largest absolute Gasteiger partial charge is 0.345 e. The molecule has 2 N–H and O–H groups in total. The van der Waals surface area contributed by atoms with Crippen LogP contribution in [0, 0.1) is 0 Å². The number of benzene rings is 3. The van der Waals surface area contributed by atoms with Gasteiger partial charge in [-0.25, -0.2) is 8.42 Å². The SMILES string of the molecule is CC(=O)c1cccc(S(=O)(=O)Nc2ccccc2C(=O)N[C@H](C)c2ccccc2)c1. The van der Waals surface area contributed by atoms with Crippen molar-refractivity contribution in [1.29, 1.82) is 0 Å². The Kier molecular flexibility index (Phi) is 6.32. The molecule has 6 nitrogen and oxygen atoms in total. The summed E-state index contributed by atoms with van der Waals surface area (Å²) in [5.74, 6) is -0.635. The van der Waals surface area contributed by atoms with Crippen LogP contribution >= 0.6 is 0 Å². The van der Waals surface area contributed by atoms with Gasteiger partial charge in [0, 0.05) is 5.56 Å². The van der Waals surface area contributed by atoms with Gasteiger partial charge in [-0.2, -0.15) is 0 Å². The molecule has 30 heavy (non-hydrogen) atoms. The topological polar surface area (TPSA) is 92.3 Å². The summed E-state index contributed by atoms with van der Waals surface area (Å²) in [6, 6.07) is 21.4. The van der Waals surface area contributed by atoms with E-state index in [2.05, 4.69) is 10.0 Å².